The lowest BCUT2D eigenvalue weighted by atomic mass is 10.00. The average Bonchev–Trinajstić information content (AvgIpc) is 3.40. The molecule has 0 saturated heterocycles. The number of aromatic nitrogens is 5. The number of aromatic amines is 1. The maximum Gasteiger partial charge on any atom is 0.253 e. The van der Waals surface area contributed by atoms with E-state index >= 15 is 0 Å². The number of hydrogen-bond donors (Lipinski definition) is 1. The number of fused-ring (bicyclic) bond motifs is 1. The zero-order valence-corrected chi connectivity index (χ0v) is 23.5. The van der Waals surface area contributed by atoms with Gasteiger partial charge in [0.2, 0.25) is 0 Å². The lowest BCUT2D eigenvalue weighted by Gasteiger charge is -2.33. The van der Waals surface area contributed by atoms with Crippen LogP contribution in [0.4, 0.5) is 0 Å². The van der Waals surface area contributed by atoms with E-state index in [0.29, 0.717) is 29.5 Å². The van der Waals surface area contributed by atoms with Gasteiger partial charge in [-0.3, -0.25) is 9.69 Å². The van der Waals surface area contributed by atoms with Crippen molar-refractivity contribution in [1.82, 2.24) is 30.1 Å². The Morgan fingerprint density at radius 3 is 2.44 bits per heavy atom. The fraction of sp³-hybridized carbons (Fsp3) is 0.290. The minimum Gasteiger partial charge on any atom is -0.322 e. The van der Waals surface area contributed by atoms with E-state index in [1.54, 1.807) is 0 Å². The Balaban J connectivity index is 1.68. The molecule has 0 aliphatic rings. The first kappa shape index (κ1) is 26.8. The molecule has 5 aromatic rings. The Morgan fingerprint density at radius 1 is 0.974 bits per heavy atom. The number of hydrogen-bond acceptors (Lipinski definition) is 5. The van der Waals surface area contributed by atoms with Gasteiger partial charge in [-0.15, -0.1) is 5.10 Å². The highest BCUT2D eigenvalue weighted by molar-refractivity contribution is 6.30. The minimum atomic E-state index is -0.493. The molecular formula is C31H33ClN6O. The number of aryl methyl sites for hydroxylation is 1. The highest BCUT2D eigenvalue weighted by Crippen LogP contribution is 2.31. The third-order valence-corrected chi connectivity index (χ3v) is 7.14. The third-order valence-electron chi connectivity index (χ3n) is 6.89. The van der Waals surface area contributed by atoms with Crippen LogP contribution < -0.4 is 5.56 Å². The Morgan fingerprint density at radius 2 is 1.72 bits per heavy atom. The Hall–Kier alpha value is -3.81. The molecule has 2 aromatic heterocycles. The summed E-state index contributed by atoms with van der Waals surface area (Å²) in [5.41, 5.74) is 4.27. The monoisotopic (exact) mass is 540 g/mol. The smallest absolute Gasteiger partial charge is 0.253 e. The SMILES string of the molecule is Cc1ccc2cc(C(c3nnnn3C(C)(C)C)N(CCc3ccccc3)Cc3ccc(Cl)cc3)c(=O)[nH]c2c1. The molecule has 39 heavy (non-hydrogen) atoms. The molecule has 1 atom stereocenters. The zero-order valence-electron chi connectivity index (χ0n) is 22.7. The number of H-pyrrole nitrogens is 1. The predicted octanol–water partition coefficient (Wildman–Crippen LogP) is 6.07. The molecule has 0 bridgehead atoms. The fourth-order valence-electron chi connectivity index (χ4n) is 4.92. The Bertz CT molecular complexity index is 1620. The molecule has 0 spiro atoms. The number of halogens is 1. The number of tetrazole rings is 1. The van der Waals surface area contributed by atoms with Gasteiger partial charge in [0.1, 0.15) is 6.04 Å². The van der Waals surface area contributed by atoms with Crippen LogP contribution in [0.1, 0.15) is 54.9 Å². The van der Waals surface area contributed by atoms with E-state index < -0.39 is 6.04 Å². The summed E-state index contributed by atoms with van der Waals surface area (Å²) in [6.45, 7) is 9.46. The van der Waals surface area contributed by atoms with Crippen LogP contribution in [0.3, 0.4) is 0 Å². The quantitative estimate of drug-likeness (QED) is 0.258. The first-order valence-corrected chi connectivity index (χ1v) is 13.5. The average molecular weight is 541 g/mol. The maximum absolute atomic E-state index is 13.7. The van der Waals surface area contributed by atoms with Gasteiger partial charge >= 0.3 is 0 Å². The van der Waals surface area contributed by atoms with Crippen molar-refractivity contribution in [2.45, 2.75) is 52.2 Å². The van der Waals surface area contributed by atoms with E-state index in [1.165, 1.54) is 5.56 Å². The van der Waals surface area contributed by atoms with Crippen molar-refractivity contribution < 1.29 is 0 Å². The second-order valence-electron chi connectivity index (χ2n) is 11.0. The van der Waals surface area contributed by atoms with Crippen LogP contribution >= 0.6 is 11.6 Å². The van der Waals surface area contributed by atoms with Crippen molar-refractivity contribution in [3.63, 3.8) is 0 Å². The lowest BCUT2D eigenvalue weighted by Crippen LogP contribution is -2.38. The van der Waals surface area contributed by atoms with Gasteiger partial charge in [-0.05, 0) is 90.9 Å². The van der Waals surface area contributed by atoms with E-state index in [-0.39, 0.29) is 11.1 Å². The van der Waals surface area contributed by atoms with Gasteiger partial charge in [-0.1, -0.05) is 66.2 Å². The van der Waals surface area contributed by atoms with Gasteiger partial charge in [-0.2, -0.15) is 0 Å². The summed E-state index contributed by atoms with van der Waals surface area (Å²) >= 11 is 6.20. The first-order chi connectivity index (χ1) is 18.7. The summed E-state index contributed by atoms with van der Waals surface area (Å²) in [6.07, 6.45) is 0.798. The van der Waals surface area contributed by atoms with Crippen LogP contribution in [0.2, 0.25) is 5.02 Å². The van der Waals surface area contributed by atoms with Gasteiger partial charge in [0.25, 0.3) is 5.56 Å². The topological polar surface area (TPSA) is 79.7 Å². The van der Waals surface area contributed by atoms with E-state index in [9.17, 15) is 4.79 Å². The Kier molecular flexibility index (Phi) is 7.64. The normalized spacial score (nSPS) is 12.8. The van der Waals surface area contributed by atoms with E-state index in [2.05, 4.69) is 64.4 Å². The summed E-state index contributed by atoms with van der Waals surface area (Å²) in [5.74, 6) is 0.626. The molecule has 0 aliphatic carbocycles. The number of pyridine rings is 1. The summed E-state index contributed by atoms with van der Waals surface area (Å²) in [7, 11) is 0. The van der Waals surface area contributed by atoms with Gasteiger partial charge in [-0.25, -0.2) is 4.68 Å². The molecular weight excluding hydrogens is 508 g/mol. The van der Waals surface area contributed by atoms with Crippen LogP contribution in [-0.2, 0) is 18.5 Å². The summed E-state index contributed by atoms with van der Waals surface area (Å²) in [5, 5.41) is 14.6. The second kappa shape index (κ2) is 11.1. The number of nitrogens with one attached hydrogen (secondary N) is 1. The van der Waals surface area contributed by atoms with Crippen molar-refractivity contribution in [2.75, 3.05) is 6.54 Å². The molecule has 0 amide bonds. The zero-order chi connectivity index (χ0) is 27.6. The third kappa shape index (κ3) is 6.10. The largest absolute Gasteiger partial charge is 0.322 e. The standard InChI is InChI=1S/C31H33ClN6O/c1-21-10-13-24-19-26(30(39)33-27(24)18-21)28(29-34-35-36-38(29)31(2,3)4)37(17-16-22-8-6-5-7-9-22)20-23-11-14-25(32)15-12-23/h5-15,18-19,28H,16-17,20H2,1-4H3,(H,33,39). The molecule has 1 unspecified atom stereocenters. The summed E-state index contributed by atoms with van der Waals surface area (Å²) in [6, 6.07) is 25.8. The molecule has 1 N–H and O–H groups in total. The van der Waals surface area contributed by atoms with E-state index in [4.69, 9.17) is 11.6 Å². The molecule has 7 nitrogen and oxygen atoms in total. The molecule has 0 aliphatic heterocycles. The molecule has 8 heteroatoms. The second-order valence-corrected chi connectivity index (χ2v) is 11.4. The highest BCUT2D eigenvalue weighted by atomic mass is 35.5. The van der Waals surface area contributed by atoms with Crippen LogP contribution in [0, 0.1) is 6.92 Å². The molecule has 200 valence electrons. The van der Waals surface area contributed by atoms with Gasteiger partial charge < -0.3 is 4.98 Å². The molecule has 3 aromatic carbocycles. The maximum atomic E-state index is 13.7. The van der Waals surface area contributed by atoms with Crippen molar-refractivity contribution in [2.24, 2.45) is 0 Å². The highest BCUT2D eigenvalue weighted by Gasteiger charge is 2.33. The number of benzene rings is 3. The molecule has 2 heterocycles. The fourth-order valence-corrected chi connectivity index (χ4v) is 5.04. The van der Waals surface area contributed by atoms with E-state index in [1.807, 2.05) is 72.3 Å². The minimum absolute atomic E-state index is 0.151. The lowest BCUT2D eigenvalue weighted by molar-refractivity contribution is 0.195. The van der Waals surface area contributed by atoms with Gasteiger partial charge in [0.05, 0.1) is 5.54 Å². The van der Waals surface area contributed by atoms with Gasteiger partial charge in [0.15, 0.2) is 5.82 Å². The molecule has 0 fully saturated rings. The van der Waals surface area contributed by atoms with Crippen LogP contribution in [-0.4, -0.2) is 36.6 Å². The van der Waals surface area contributed by atoms with Crippen LogP contribution in [0.15, 0.2) is 83.7 Å². The van der Waals surface area contributed by atoms with Crippen molar-refractivity contribution in [3.05, 3.63) is 122 Å². The van der Waals surface area contributed by atoms with Crippen molar-refractivity contribution in [1.29, 1.82) is 0 Å². The first-order valence-electron chi connectivity index (χ1n) is 13.1. The number of nitrogens with zero attached hydrogens (tertiary/aromatic N) is 5. The van der Waals surface area contributed by atoms with Crippen LogP contribution in [0.25, 0.3) is 10.9 Å². The summed E-state index contributed by atoms with van der Waals surface area (Å²) < 4.78 is 1.83. The predicted molar refractivity (Wildman–Crippen MR) is 156 cm³/mol. The molecule has 0 saturated carbocycles. The number of rotatable bonds is 8. The summed E-state index contributed by atoms with van der Waals surface area (Å²) in [4.78, 5) is 19.1. The van der Waals surface area contributed by atoms with Crippen molar-refractivity contribution >= 4 is 22.5 Å². The van der Waals surface area contributed by atoms with Gasteiger partial charge in [0, 0.05) is 29.2 Å². The molecule has 5 rings (SSSR count). The molecule has 0 radical (unpaired) electrons. The van der Waals surface area contributed by atoms with Crippen molar-refractivity contribution in [3.8, 4) is 0 Å². The van der Waals surface area contributed by atoms with Crippen LogP contribution in [0.5, 0.6) is 0 Å². The van der Waals surface area contributed by atoms with E-state index in [0.717, 1.165) is 28.5 Å². The Labute approximate surface area is 233 Å².